The lowest BCUT2D eigenvalue weighted by molar-refractivity contribution is -0.145. The number of carbonyl (C=O) groups is 2. The van der Waals surface area contributed by atoms with Gasteiger partial charge in [0, 0.05) is 13.0 Å². The molecule has 0 atom stereocenters. The molecule has 0 aromatic carbocycles. The summed E-state index contributed by atoms with van der Waals surface area (Å²) in [6, 6.07) is 0. The lowest BCUT2D eigenvalue weighted by Crippen LogP contribution is -2.34. The topological polar surface area (TPSA) is 92.3 Å². The van der Waals surface area contributed by atoms with Crippen molar-refractivity contribution in [2.45, 2.75) is 71.8 Å². The highest BCUT2D eigenvalue weighted by atomic mass is 16.6. The third-order valence-corrected chi connectivity index (χ3v) is 3.63. The van der Waals surface area contributed by atoms with Crippen molar-refractivity contribution < 1.29 is 33.3 Å². The summed E-state index contributed by atoms with van der Waals surface area (Å²) in [5.74, 6) is -0.153. The molecule has 0 bridgehead atoms. The normalized spacial score (nSPS) is 11.3. The molecule has 0 heterocycles. The Morgan fingerprint density at radius 1 is 0.759 bits per heavy atom. The fraction of sp³-hybridized carbons (Fsp3) is 0.905. The summed E-state index contributed by atoms with van der Waals surface area (Å²) in [5.41, 5.74) is -0.504. The Balaban J connectivity index is 3.24. The Morgan fingerprint density at radius 3 is 1.90 bits per heavy atom. The first-order valence-corrected chi connectivity index (χ1v) is 10.7. The predicted octanol–water partition coefficient (Wildman–Crippen LogP) is 3.46. The lowest BCUT2D eigenvalue weighted by atomic mass is 10.1. The maximum absolute atomic E-state index is 11.5. The third-order valence-electron chi connectivity index (χ3n) is 3.63. The van der Waals surface area contributed by atoms with Crippen molar-refractivity contribution in [3.8, 4) is 0 Å². The molecular weight excluding hydrogens is 378 g/mol. The summed E-state index contributed by atoms with van der Waals surface area (Å²) in [6.45, 7) is 10.8. The maximum atomic E-state index is 11.5. The molecule has 0 radical (unpaired) electrons. The summed E-state index contributed by atoms with van der Waals surface area (Å²) < 4.78 is 26.3. The van der Waals surface area contributed by atoms with Crippen LogP contribution in [-0.2, 0) is 28.5 Å². The van der Waals surface area contributed by atoms with Crippen LogP contribution < -0.4 is 5.32 Å². The molecule has 172 valence electrons. The van der Waals surface area contributed by atoms with Gasteiger partial charge in [0.15, 0.2) is 0 Å². The molecule has 0 saturated carbocycles. The first-order valence-electron chi connectivity index (χ1n) is 10.7. The number of carbonyl (C=O) groups excluding carboxylic acids is 2. The number of ether oxygens (including phenoxy) is 5. The van der Waals surface area contributed by atoms with E-state index in [0.717, 1.165) is 12.8 Å². The number of rotatable bonds is 18. The van der Waals surface area contributed by atoms with Gasteiger partial charge in [0.2, 0.25) is 0 Å². The zero-order valence-electron chi connectivity index (χ0n) is 18.8. The van der Waals surface area contributed by atoms with E-state index in [9.17, 15) is 9.59 Å². The third kappa shape index (κ3) is 22.8. The van der Waals surface area contributed by atoms with Crippen LogP contribution in [0.1, 0.15) is 66.2 Å². The van der Waals surface area contributed by atoms with Crippen molar-refractivity contribution in [3.05, 3.63) is 0 Å². The monoisotopic (exact) mass is 419 g/mol. The largest absolute Gasteiger partial charge is 0.463 e. The Labute approximate surface area is 175 Å². The minimum atomic E-state index is -0.504. The van der Waals surface area contributed by atoms with Crippen LogP contribution in [0.2, 0.25) is 0 Å². The van der Waals surface area contributed by atoms with Gasteiger partial charge in [-0.15, -0.1) is 0 Å². The smallest absolute Gasteiger partial charge is 0.407 e. The molecule has 0 aliphatic carbocycles. The first-order chi connectivity index (χ1) is 13.8. The fourth-order valence-electron chi connectivity index (χ4n) is 2.24. The molecule has 1 N–H and O–H groups in total. The second kappa shape index (κ2) is 18.6. The molecule has 0 aromatic heterocycles. The van der Waals surface area contributed by atoms with Crippen LogP contribution in [0.4, 0.5) is 4.79 Å². The van der Waals surface area contributed by atoms with Gasteiger partial charge < -0.3 is 29.0 Å². The quantitative estimate of drug-likeness (QED) is 0.269. The zero-order valence-corrected chi connectivity index (χ0v) is 18.8. The molecule has 8 nitrogen and oxygen atoms in total. The van der Waals surface area contributed by atoms with Gasteiger partial charge in [0.05, 0.1) is 39.6 Å². The molecule has 8 heteroatoms. The van der Waals surface area contributed by atoms with Crippen molar-refractivity contribution in [1.29, 1.82) is 0 Å². The van der Waals surface area contributed by atoms with Gasteiger partial charge in [0.1, 0.15) is 12.2 Å². The van der Waals surface area contributed by atoms with E-state index in [4.69, 9.17) is 23.7 Å². The van der Waals surface area contributed by atoms with E-state index in [1.807, 2.05) is 20.8 Å². The van der Waals surface area contributed by atoms with Gasteiger partial charge >= 0.3 is 12.1 Å². The van der Waals surface area contributed by atoms with Gasteiger partial charge in [-0.25, -0.2) is 4.79 Å². The number of hydrogen-bond donors (Lipinski definition) is 1. The zero-order chi connectivity index (χ0) is 21.8. The van der Waals surface area contributed by atoms with E-state index in [-0.39, 0.29) is 12.6 Å². The molecule has 0 rings (SSSR count). The van der Waals surface area contributed by atoms with Gasteiger partial charge in [-0.05, 0) is 27.2 Å². The van der Waals surface area contributed by atoms with Crippen molar-refractivity contribution in [2.75, 3.05) is 52.8 Å². The molecule has 0 aromatic rings. The molecule has 0 spiro atoms. The number of hydrogen-bond acceptors (Lipinski definition) is 7. The highest BCUT2D eigenvalue weighted by molar-refractivity contribution is 5.69. The van der Waals surface area contributed by atoms with Crippen LogP contribution in [0.5, 0.6) is 0 Å². The number of alkyl carbamates (subject to hydrolysis) is 1. The SMILES string of the molecule is CCCCCCCC(=O)OCCOCCOCCOCCNC(=O)OC(C)(C)C. The highest BCUT2D eigenvalue weighted by Crippen LogP contribution is 2.06. The predicted molar refractivity (Wildman–Crippen MR) is 111 cm³/mol. The molecule has 29 heavy (non-hydrogen) atoms. The first kappa shape index (κ1) is 27.6. The number of amides is 1. The second-order valence-electron chi connectivity index (χ2n) is 7.65. The molecule has 0 fully saturated rings. The molecule has 0 aliphatic rings. The summed E-state index contributed by atoms with van der Waals surface area (Å²) in [6.07, 6.45) is 5.62. The number of unbranched alkanes of at least 4 members (excludes halogenated alkanes) is 4. The molecule has 1 amide bonds. The van der Waals surface area contributed by atoms with Crippen molar-refractivity contribution in [2.24, 2.45) is 0 Å². The van der Waals surface area contributed by atoms with Gasteiger partial charge in [-0.2, -0.15) is 0 Å². The van der Waals surface area contributed by atoms with Crippen LogP contribution in [0, 0.1) is 0 Å². The molecule has 0 aliphatic heterocycles. The average Bonchev–Trinajstić information content (AvgIpc) is 2.64. The average molecular weight is 420 g/mol. The van der Waals surface area contributed by atoms with Gasteiger partial charge in [-0.3, -0.25) is 4.79 Å². The standard InChI is InChI=1S/C21H41NO7/c1-5-6-7-8-9-10-19(23)28-18-17-27-16-15-26-14-13-25-12-11-22-20(24)29-21(2,3)4/h5-18H2,1-4H3,(H,22,24). The van der Waals surface area contributed by atoms with Crippen molar-refractivity contribution in [3.63, 3.8) is 0 Å². The molecule has 0 saturated heterocycles. The second-order valence-corrected chi connectivity index (χ2v) is 7.65. The maximum Gasteiger partial charge on any atom is 0.407 e. The highest BCUT2D eigenvalue weighted by Gasteiger charge is 2.15. The molecule has 0 unspecified atom stereocenters. The lowest BCUT2D eigenvalue weighted by Gasteiger charge is -2.19. The number of esters is 1. The van der Waals surface area contributed by atoms with Gasteiger partial charge in [0.25, 0.3) is 0 Å². The Bertz CT molecular complexity index is 410. The Hall–Kier alpha value is -1.38. The number of nitrogens with one attached hydrogen (secondary N) is 1. The van der Waals surface area contributed by atoms with E-state index in [2.05, 4.69) is 12.2 Å². The van der Waals surface area contributed by atoms with Crippen LogP contribution >= 0.6 is 0 Å². The Kier molecular flexibility index (Phi) is 17.7. The minimum Gasteiger partial charge on any atom is -0.463 e. The summed E-state index contributed by atoms with van der Waals surface area (Å²) in [7, 11) is 0. The van der Waals surface area contributed by atoms with E-state index in [1.54, 1.807) is 0 Å². The van der Waals surface area contributed by atoms with E-state index < -0.39 is 11.7 Å². The van der Waals surface area contributed by atoms with E-state index in [1.165, 1.54) is 19.3 Å². The van der Waals surface area contributed by atoms with E-state index in [0.29, 0.717) is 52.6 Å². The summed E-state index contributed by atoms with van der Waals surface area (Å²) in [4.78, 5) is 22.9. The summed E-state index contributed by atoms with van der Waals surface area (Å²) >= 11 is 0. The van der Waals surface area contributed by atoms with E-state index >= 15 is 0 Å². The van der Waals surface area contributed by atoms with Crippen molar-refractivity contribution >= 4 is 12.1 Å². The van der Waals surface area contributed by atoms with Gasteiger partial charge in [-0.1, -0.05) is 32.6 Å². The Morgan fingerprint density at radius 2 is 1.31 bits per heavy atom. The van der Waals surface area contributed by atoms with Crippen LogP contribution in [0.3, 0.4) is 0 Å². The van der Waals surface area contributed by atoms with Crippen LogP contribution in [-0.4, -0.2) is 70.5 Å². The minimum absolute atomic E-state index is 0.153. The molecular formula is C21H41NO7. The van der Waals surface area contributed by atoms with Crippen LogP contribution in [0.15, 0.2) is 0 Å². The summed E-state index contributed by atoms with van der Waals surface area (Å²) in [5, 5.41) is 2.61. The fourth-order valence-corrected chi connectivity index (χ4v) is 2.24. The van der Waals surface area contributed by atoms with Crippen molar-refractivity contribution in [1.82, 2.24) is 5.32 Å². The van der Waals surface area contributed by atoms with Crippen LogP contribution in [0.25, 0.3) is 0 Å².